The lowest BCUT2D eigenvalue weighted by Gasteiger charge is -2.10. The third-order valence-corrected chi connectivity index (χ3v) is 3.42. The third kappa shape index (κ3) is 3.36. The number of carbonyl (C=O) groups excluding carboxylic acids is 1. The molecule has 98 valence electrons. The zero-order valence-electron chi connectivity index (χ0n) is 9.85. The van der Waals surface area contributed by atoms with Gasteiger partial charge in [0.05, 0.1) is 17.7 Å². The average Bonchev–Trinajstić information content (AvgIpc) is 2.81. The molecule has 1 aromatic heterocycles. The fourth-order valence-corrected chi connectivity index (χ4v) is 2.53. The number of nitrogens with two attached hydrogens (primary N) is 1. The average molecular weight is 294 g/mol. The van der Waals surface area contributed by atoms with Gasteiger partial charge in [0.2, 0.25) is 5.91 Å². The highest BCUT2D eigenvalue weighted by atomic mass is 32.1. The van der Waals surface area contributed by atoms with Gasteiger partial charge in [0, 0.05) is 0 Å². The van der Waals surface area contributed by atoms with E-state index >= 15 is 0 Å². The number of benzene rings is 1. The van der Waals surface area contributed by atoms with E-state index in [9.17, 15) is 9.18 Å². The van der Waals surface area contributed by atoms with Crippen LogP contribution in [0.15, 0.2) is 35.0 Å². The Kier molecular flexibility index (Phi) is 4.24. The van der Waals surface area contributed by atoms with Gasteiger partial charge in [-0.25, -0.2) is 4.39 Å². The molecule has 3 N–H and O–H groups in total. The Balaban J connectivity index is 2.17. The number of thiocarbonyl (C=S) groups is 1. The molecule has 0 atom stereocenters. The number of carbonyl (C=O) groups is 1. The summed E-state index contributed by atoms with van der Waals surface area (Å²) >= 11 is 6.31. The number of anilines is 1. The SMILES string of the molecule is NC(=S)c1c(F)cccc1NC(=O)Cc1ccsc1. The molecular formula is C13H11FN2OS2. The number of rotatable bonds is 4. The molecule has 0 saturated carbocycles. The molecule has 0 fully saturated rings. The van der Waals surface area contributed by atoms with E-state index in [-0.39, 0.29) is 22.9 Å². The zero-order valence-corrected chi connectivity index (χ0v) is 11.5. The Bertz CT molecular complexity index is 611. The second-order valence-electron chi connectivity index (χ2n) is 3.88. The molecule has 1 amide bonds. The molecule has 3 nitrogen and oxygen atoms in total. The standard InChI is InChI=1S/C13H11FN2OS2/c14-9-2-1-3-10(12(9)13(15)18)16-11(17)6-8-4-5-19-7-8/h1-5,7H,6H2,(H2,15,18)(H,16,17). The minimum absolute atomic E-state index is 0.0659. The topological polar surface area (TPSA) is 55.1 Å². The van der Waals surface area contributed by atoms with Gasteiger partial charge in [0.15, 0.2) is 0 Å². The summed E-state index contributed by atoms with van der Waals surface area (Å²) in [5, 5.41) is 6.41. The van der Waals surface area contributed by atoms with Crippen molar-refractivity contribution in [2.24, 2.45) is 5.73 Å². The lowest BCUT2D eigenvalue weighted by molar-refractivity contribution is -0.115. The molecule has 0 aliphatic rings. The van der Waals surface area contributed by atoms with Crippen molar-refractivity contribution in [2.45, 2.75) is 6.42 Å². The van der Waals surface area contributed by atoms with E-state index in [0.29, 0.717) is 5.69 Å². The summed E-state index contributed by atoms with van der Waals surface area (Å²) in [4.78, 5) is 11.8. The van der Waals surface area contributed by atoms with Crippen LogP contribution in [-0.4, -0.2) is 10.9 Å². The predicted octanol–water partition coefficient (Wildman–Crippen LogP) is 2.70. The van der Waals surface area contributed by atoms with Crippen LogP contribution in [0.4, 0.5) is 10.1 Å². The first-order valence-corrected chi connectivity index (χ1v) is 6.82. The highest BCUT2D eigenvalue weighted by Crippen LogP contribution is 2.19. The minimum atomic E-state index is -0.541. The van der Waals surface area contributed by atoms with E-state index in [1.165, 1.54) is 23.5 Å². The van der Waals surface area contributed by atoms with Gasteiger partial charge in [-0.2, -0.15) is 11.3 Å². The molecule has 1 heterocycles. The highest BCUT2D eigenvalue weighted by Gasteiger charge is 2.13. The van der Waals surface area contributed by atoms with Gasteiger partial charge >= 0.3 is 0 Å². The third-order valence-electron chi connectivity index (χ3n) is 2.48. The van der Waals surface area contributed by atoms with Crippen LogP contribution in [0.5, 0.6) is 0 Å². The molecule has 0 spiro atoms. The number of nitrogens with one attached hydrogen (secondary N) is 1. The molecule has 0 saturated heterocycles. The van der Waals surface area contributed by atoms with Gasteiger partial charge in [0.25, 0.3) is 0 Å². The molecule has 1 aromatic carbocycles. The van der Waals surface area contributed by atoms with Gasteiger partial charge in [-0.3, -0.25) is 4.79 Å². The lowest BCUT2D eigenvalue weighted by Crippen LogP contribution is -2.20. The Morgan fingerprint density at radius 1 is 1.42 bits per heavy atom. The smallest absolute Gasteiger partial charge is 0.228 e. The van der Waals surface area contributed by atoms with Crippen LogP contribution in [0, 0.1) is 5.82 Å². The van der Waals surface area contributed by atoms with E-state index in [1.54, 1.807) is 6.07 Å². The van der Waals surface area contributed by atoms with Crippen molar-refractivity contribution in [3.8, 4) is 0 Å². The second kappa shape index (κ2) is 5.90. The van der Waals surface area contributed by atoms with Gasteiger partial charge in [-0.05, 0) is 34.5 Å². The van der Waals surface area contributed by atoms with Gasteiger partial charge in [-0.15, -0.1) is 0 Å². The maximum absolute atomic E-state index is 13.6. The summed E-state index contributed by atoms with van der Waals surface area (Å²) in [5.74, 6) is -0.776. The van der Waals surface area contributed by atoms with Crippen LogP contribution < -0.4 is 11.1 Å². The van der Waals surface area contributed by atoms with Crippen molar-refractivity contribution < 1.29 is 9.18 Å². The first-order chi connectivity index (χ1) is 9.08. The summed E-state index contributed by atoms with van der Waals surface area (Å²) < 4.78 is 13.6. The van der Waals surface area contributed by atoms with E-state index in [2.05, 4.69) is 5.32 Å². The summed E-state index contributed by atoms with van der Waals surface area (Å²) in [6.45, 7) is 0. The van der Waals surface area contributed by atoms with Crippen LogP contribution >= 0.6 is 23.6 Å². The van der Waals surface area contributed by atoms with E-state index in [4.69, 9.17) is 18.0 Å². The van der Waals surface area contributed by atoms with Gasteiger partial charge in [-0.1, -0.05) is 18.3 Å². The number of hydrogen-bond donors (Lipinski definition) is 2. The number of thiophene rings is 1. The first kappa shape index (κ1) is 13.6. The molecule has 0 aliphatic heterocycles. The fourth-order valence-electron chi connectivity index (χ4n) is 1.65. The van der Waals surface area contributed by atoms with Crippen molar-refractivity contribution in [3.63, 3.8) is 0 Å². The maximum Gasteiger partial charge on any atom is 0.228 e. The Morgan fingerprint density at radius 3 is 2.84 bits per heavy atom. The minimum Gasteiger partial charge on any atom is -0.389 e. The molecule has 2 rings (SSSR count). The first-order valence-electron chi connectivity index (χ1n) is 5.47. The van der Waals surface area contributed by atoms with Gasteiger partial charge < -0.3 is 11.1 Å². The van der Waals surface area contributed by atoms with E-state index in [1.807, 2.05) is 16.8 Å². The van der Waals surface area contributed by atoms with Crippen LogP contribution in [0.1, 0.15) is 11.1 Å². The van der Waals surface area contributed by atoms with Crippen molar-refractivity contribution in [1.82, 2.24) is 0 Å². The quantitative estimate of drug-likeness (QED) is 0.853. The largest absolute Gasteiger partial charge is 0.389 e. The van der Waals surface area contributed by atoms with Crippen molar-refractivity contribution in [3.05, 3.63) is 52.0 Å². The Morgan fingerprint density at radius 2 is 2.21 bits per heavy atom. The molecule has 6 heteroatoms. The van der Waals surface area contributed by atoms with E-state index < -0.39 is 5.82 Å². The van der Waals surface area contributed by atoms with Crippen LogP contribution in [0.25, 0.3) is 0 Å². The Hall–Kier alpha value is -1.79. The highest BCUT2D eigenvalue weighted by molar-refractivity contribution is 7.80. The van der Waals surface area contributed by atoms with Crippen molar-refractivity contribution in [1.29, 1.82) is 0 Å². The van der Waals surface area contributed by atoms with Crippen LogP contribution in [-0.2, 0) is 11.2 Å². The Labute approximate surface area is 119 Å². The molecule has 0 unspecified atom stereocenters. The maximum atomic E-state index is 13.6. The molecule has 0 radical (unpaired) electrons. The van der Waals surface area contributed by atoms with Gasteiger partial charge in [0.1, 0.15) is 10.8 Å². The van der Waals surface area contributed by atoms with Crippen LogP contribution in [0.3, 0.4) is 0 Å². The predicted molar refractivity (Wildman–Crippen MR) is 78.9 cm³/mol. The molecule has 0 aliphatic carbocycles. The number of halogens is 1. The summed E-state index contributed by atoms with van der Waals surface area (Å²) in [6, 6.07) is 6.19. The van der Waals surface area contributed by atoms with Crippen molar-refractivity contribution in [2.75, 3.05) is 5.32 Å². The van der Waals surface area contributed by atoms with E-state index in [0.717, 1.165) is 5.56 Å². The summed E-state index contributed by atoms with van der Waals surface area (Å²) in [5.41, 5.74) is 6.75. The zero-order chi connectivity index (χ0) is 13.8. The summed E-state index contributed by atoms with van der Waals surface area (Å²) in [7, 11) is 0. The fraction of sp³-hybridized carbons (Fsp3) is 0.0769. The van der Waals surface area contributed by atoms with Crippen molar-refractivity contribution >= 4 is 40.1 Å². The monoisotopic (exact) mass is 294 g/mol. The molecular weight excluding hydrogens is 283 g/mol. The molecule has 19 heavy (non-hydrogen) atoms. The normalized spacial score (nSPS) is 10.2. The molecule has 0 bridgehead atoms. The van der Waals surface area contributed by atoms with Crippen LogP contribution in [0.2, 0.25) is 0 Å². The lowest BCUT2D eigenvalue weighted by atomic mass is 10.1. The second-order valence-corrected chi connectivity index (χ2v) is 5.10. The number of hydrogen-bond acceptors (Lipinski definition) is 3. The molecule has 2 aromatic rings. The summed E-state index contributed by atoms with van der Waals surface area (Å²) in [6.07, 6.45) is 0.233. The number of amides is 1.